The number of nitrogens with zero attached hydrogens (tertiary/aromatic N) is 2. The molecule has 0 saturated carbocycles. The number of amides is 3. The van der Waals surface area contributed by atoms with E-state index in [1.54, 1.807) is 28.0 Å². The molecule has 1 N–H and O–H groups in total. The van der Waals surface area contributed by atoms with Gasteiger partial charge in [0.15, 0.2) is 5.78 Å². The summed E-state index contributed by atoms with van der Waals surface area (Å²) in [6, 6.07) is 19.0. The molecule has 3 aromatic carbocycles. The van der Waals surface area contributed by atoms with Crippen molar-refractivity contribution in [2.75, 3.05) is 13.1 Å². The van der Waals surface area contributed by atoms with Crippen LogP contribution in [0.3, 0.4) is 0 Å². The summed E-state index contributed by atoms with van der Waals surface area (Å²) in [5.74, 6) is -0.763. The third kappa shape index (κ3) is 5.76. The molecule has 2 saturated heterocycles. The van der Waals surface area contributed by atoms with Gasteiger partial charge in [-0.25, -0.2) is 0 Å². The summed E-state index contributed by atoms with van der Waals surface area (Å²) in [6.45, 7) is 10.7. The van der Waals surface area contributed by atoms with E-state index in [0.29, 0.717) is 30.5 Å². The Morgan fingerprint density at radius 2 is 1.56 bits per heavy atom. The molecule has 0 radical (unpaired) electrons. The van der Waals surface area contributed by atoms with Gasteiger partial charge < -0.3 is 15.1 Å². The van der Waals surface area contributed by atoms with Crippen LogP contribution >= 0.6 is 0 Å². The van der Waals surface area contributed by atoms with Crippen molar-refractivity contribution < 1.29 is 19.2 Å². The van der Waals surface area contributed by atoms with Crippen molar-refractivity contribution >= 4 is 34.3 Å². The molecule has 0 bridgehead atoms. The minimum atomic E-state index is -0.762. The second-order valence-electron chi connectivity index (χ2n) is 12.8. The molecule has 41 heavy (non-hydrogen) atoms. The lowest BCUT2D eigenvalue weighted by Crippen LogP contribution is -2.53. The highest BCUT2D eigenvalue weighted by Crippen LogP contribution is 2.32. The first-order valence-corrected chi connectivity index (χ1v) is 14.5. The summed E-state index contributed by atoms with van der Waals surface area (Å²) in [7, 11) is 0. The van der Waals surface area contributed by atoms with E-state index >= 15 is 0 Å². The van der Waals surface area contributed by atoms with Gasteiger partial charge in [0.1, 0.15) is 12.1 Å². The van der Waals surface area contributed by atoms with E-state index in [-0.39, 0.29) is 47.4 Å². The van der Waals surface area contributed by atoms with Crippen LogP contribution in [0.25, 0.3) is 10.8 Å². The predicted octanol–water partition coefficient (Wildman–Crippen LogP) is 4.98. The summed E-state index contributed by atoms with van der Waals surface area (Å²) >= 11 is 0. The van der Waals surface area contributed by atoms with E-state index in [1.165, 1.54) is 0 Å². The lowest BCUT2D eigenvalue weighted by atomic mass is 9.86. The second kappa shape index (κ2) is 11.1. The highest BCUT2D eigenvalue weighted by atomic mass is 16.2. The number of likely N-dealkylation sites (tertiary alicyclic amines) is 2. The Balaban J connectivity index is 1.32. The fourth-order valence-electron chi connectivity index (χ4n) is 6.08. The number of hydrogen-bond acceptors (Lipinski definition) is 4. The molecule has 2 fully saturated rings. The van der Waals surface area contributed by atoms with Gasteiger partial charge in [-0.15, -0.1) is 0 Å². The van der Waals surface area contributed by atoms with Crippen molar-refractivity contribution in [1.29, 1.82) is 0 Å². The molecule has 0 aliphatic carbocycles. The Labute approximate surface area is 241 Å². The average molecular weight is 554 g/mol. The first kappa shape index (κ1) is 28.5. The van der Waals surface area contributed by atoms with Crippen molar-refractivity contribution in [3.63, 3.8) is 0 Å². The number of nitrogens with one attached hydrogen (secondary N) is 1. The maximum atomic E-state index is 13.9. The molecular weight excluding hydrogens is 514 g/mol. The molecule has 2 aliphatic heterocycles. The van der Waals surface area contributed by atoms with Gasteiger partial charge in [0.2, 0.25) is 5.91 Å². The number of fused-ring (bicyclic) bond motifs is 2. The van der Waals surface area contributed by atoms with Gasteiger partial charge in [-0.2, -0.15) is 0 Å². The quantitative estimate of drug-likeness (QED) is 0.467. The van der Waals surface area contributed by atoms with Gasteiger partial charge >= 0.3 is 0 Å². The highest BCUT2D eigenvalue weighted by Gasteiger charge is 2.52. The van der Waals surface area contributed by atoms with Gasteiger partial charge in [-0.05, 0) is 64.8 Å². The molecule has 7 heteroatoms. The molecule has 0 unspecified atom stereocenters. The molecule has 214 valence electrons. The average Bonchev–Trinajstić information content (AvgIpc) is 3.52. The molecule has 3 aromatic rings. The van der Waals surface area contributed by atoms with Crippen LogP contribution in [0.4, 0.5) is 0 Å². The topological polar surface area (TPSA) is 86.8 Å². The number of carbonyl (C=O) groups is 4. The van der Waals surface area contributed by atoms with Gasteiger partial charge in [0.05, 0.1) is 12.6 Å². The van der Waals surface area contributed by atoms with Crippen molar-refractivity contribution in [3.8, 4) is 0 Å². The van der Waals surface area contributed by atoms with Crippen LogP contribution in [0.15, 0.2) is 66.7 Å². The first-order chi connectivity index (χ1) is 19.4. The third-order valence-corrected chi connectivity index (χ3v) is 8.29. The minimum absolute atomic E-state index is 0.0217. The molecule has 2 heterocycles. The Morgan fingerprint density at radius 1 is 0.902 bits per heavy atom. The summed E-state index contributed by atoms with van der Waals surface area (Å²) in [5, 5.41) is 4.95. The zero-order valence-corrected chi connectivity index (χ0v) is 24.5. The fraction of sp³-hybridized carbons (Fsp3) is 0.412. The van der Waals surface area contributed by atoms with Crippen LogP contribution in [0, 0.1) is 5.92 Å². The number of ketones is 1. The molecule has 0 spiro atoms. The van der Waals surface area contributed by atoms with Gasteiger partial charge in [-0.3, -0.25) is 19.2 Å². The van der Waals surface area contributed by atoms with Crippen molar-refractivity contribution in [2.24, 2.45) is 5.92 Å². The second-order valence-corrected chi connectivity index (χ2v) is 12.8. The lowest BCUT2D eigenvalue weighted by molar-refractivity contribution is -0.138. The van der Waals surface area contributed by atoms with Crippen LogP contribution < -0.4 is 5.32 Å². The van der Waals surface area contributed by atoms with E-state index < -0.39 is 12.1 Å². The van der Waals surface area contributed by atoms with Crippen LogP contribution in [-0.4, -0.2) is 64.5 Å². The Kier molecular flexibility index (Phi) is 7.73. The minimum Gasteiger partial charge on any atom is -0.340 e. The van der Waals surface area contributed by atoms with Crippen LogP contribution in [-0.2, 0) is 15.0 Å². The maximum Gasteiger partial charge on any atom is 0.254 e. The van der Waals surface area contributed by atoms with Gasteiger partial charge in [0, 0.05) is 17.7 Å². The molecule has 7 nitrogen and oxygen atoms in total. The Morgan fingerprint density at radius 3 is 2.22 bits per heavy atom. The standard InChI is InChI=1S/C34H39N3O4/c1-21(2)18-27(35-31(39)23-12-14-26(15-13-23)34(3,4)5)33(41)36-17-16-28-30(36)29(38)20-37(28)32(40)25-11-10-22-8-6-7-9-24(22)19-25/h6-15,19,21,27-28,30H,16-18,20H2,1-5H3,(H,35,39)/t27-,28+,30-/m0/s1. The first-order valence-electron chi connectivity index (χ1n) is 14.5. The molecule has 2 aliphatic rings. The Hall–Kier alpha value is -4.00. The summed E-state index contributed by atoms with van der Waals surface area (Å²) in [4.78, 5) is 57.1. The number of carbonyl (C=O) groups excluding carboxylic acids is 4. The SMILES string of the molecule is CC(C)C[C@H](NC(=O)c1ccc(C(C)(C)C)cc1)C(=O)N1CC[C@@H]2[C@H]1C(=O)CN2C(=O)c1ccc2ccccc2c1. The lowest BCUT2D eigenvalue weighted by Gasteiger charge is -2.29. The monoisotopic (exact) mass is 553 g/mol. The normalized spacial score (nSPS) is 19.5. The number of benzene rings is 3. The van der Waals surface area contributed by atoms with E-state index in [4.69, 9.17) is 0 Å². The molecular formula is C34H39N3O4. The smallest absolute Gasteiger partial charge is 0.254 e. The maximum absolute atomic E-state index is 13.9. The van der Waals surface area contributed by atoms with E-state index in [0.717, 1.165) is 16.3 Å². The third-order valence-electron chi connectivity index (χ3n) is 8.29. The fourth-order valence-corrected chi connectivity index (χ4v) is 6.08. The molecule has 3 atom stereocenters. The summed E-state index contributed by atoms with van der Waals surface area (Å²) in [6.07, 6.45) is 0.977. The van der Waals surface area contributed by atoms with Crippen molar-refractivity contribution in [2.45, 2.75) is 71.0 Å². The zero-order chi connectivity index (χ0) is 29.5. The van der Waals surface area contributed by atoms with E-state index in [1.807, 2.05) is 62.4 Å². The van der Waals surface area contributed by atoms with E-state index in [2.05, 4.69) is 26.1 Å². The van der Waals surface area contributed by atoms with Crippen LogP contribution in [0.1, 0.15) is 73.7 Å². The highest BCUT2D eigenvalue weighted by molar-refractivity contribution is 6.05. The number of Topliss-reactive ketones (excluding diaryl/α,β-unsaturated/α-hetero) is 1. The summed E-state index contributed by atoms with van der Waals surface area (Å²) in [5.41, 5.74) is 2.11. The largest absolute Gasteiger partial charge is 0.340 e. The Bertz CT molecular complexity index is 1490. The summed E-state index contributed by atoms with van der Waals surface area (Å²) < 4.78 is 0. The van der Waals surface area contributed by atoms with Gasteiger partial charge in [0.25, 0.3) is 11.8 Å². The zero-order valence-electron chi connectivity index (χ0n) is 24.5. The van der Waals surface area contributed by atoms with Crippen LogP contribution in [0.5, 0.6) is 0 Å². The molecule has 3 amide bonds. The van der Waals surface area contributed by atoms with Crippen molar-refractivity contribution in [3.05, 3.63) is 83.4 Å². The molecule has 5 rings (SSSR count). The number of rotatable bonds is 6. The molecule has 0 aromatic heterocycles. The predicted molar refractivity (Wildman–Crippen MR) is 160 cm³/mol. The van der Waals surface area contributed by atoms with Gasteiger partial charge in [-0.1, -0.05) is 77.1 Å². The van der Waals surface area contributed by atoms with E-state index in [9.17, 15) is 19.2 Å². The van der Waals surface area contributed by atoms with Crippen LogP contribution in [0.2, 0.25) is 0 Å². The van der Waals surface area contributed by atoms with Crippen molar-refractivity contribution in [1.82, 2.24) is 15.1 Å². The number of hydrogen-bond donors (Lipinski definition) is 1.